The van der Waals surface area contributed by atoms with Crippen LogP contribution in [0.4, 0.5) is 4.79 Å². The first kappa shape index (κ1) is 20.9. The predicted octanol–water partition coefficient (Wildman–Crippen LogP) is 3.74. The number of urea groups is 1. The van der Waals surface area contributed by atoms with E-state index in [1.807, 2.05) is 54.8 Å². The van der Waals surface area contributed by atoms with E-state index in [2.05, 4.69) is 20.6 Å². The molecule has 3 N–H and O–H groups in total. The standard InChI is InChI=1S/C21H26N4O3S/c1-27-18-9-5-6-10-19(18)28-13-12-22-21(26)25-17(11-14-29-2)20-23-15-7-3-4-8-16(15)24-20/h3-10,17H,11-14H2,1-2H3,(H,23,24)(H2,22,25,26)/t17-/m0/s1. The Bertz CT molecular complexity index is 898. The topological polar surface area (TPSA) is 88.3 Å². The molecule has 0 spiro atoms. The van der Waals surface area contributed by atoms with Gasteiger partial charge in [0, 0.05) is 0 Å². The largest absolute Gasteiger partial charge is 0.493 e. The van der Waals surface area contributed by atoms with Crippen LogP contribution in [0.5, 0.6) is 11.5 Å². The zero-order valence-corrected chi connectivity index (χ0v) is 17.4. The normalized spacial score (nSPS) is 11.8. The lowest BCUT2D eigenvalue weighted by Crippen LogP contribution is -2.40. The molecule has 0 bridgehead atoms. The highest BCUT2D eigenvalue weighted by Gasteiger charge is 2.18. The first-order chi connectivity index (χ1) is 14.2. The Morgan fingerprint density at radius 2 is 1.93 bits per heavy atom. The van der Waals surface area contributed by atoms with Crippen LogP contribution in [-0.2, 0) is 0 Å². The number of methoxy groups -OCH3 is 1. The van der Waals surface area contributed by atoms with Crippen LogP contribution in [0, 0.1) is 0 Å². The van der Waals surface area contributed by atoms with Crippen molar-refractivity contribution in [2.45, 2.75) is 12.5 Å². The van der Waals surface area contributed by atoms with Gasteiger partial charge in [-0.3, -0.25) is 0 Å². The molecule has 2 aromatic carbocycles. The van der Waals surface area contributed by atoms with Crippen molar-refractivity contribution in [3.8, 4) is 11.5 Å². The van der Waals surface area contributed by atoms with Crippen LogP contribution in [0.25, 0.3) is 11.0 Å². The first-order valence-corrected chi connectivity index (χ1v) is 10.8. The molecule has 7 nitrogen and oxygen atoms in total. The molecule has 1 atom stereocenters. The summed E-state index contributed by atoms with van der Waals surface area (Å²) < 4.78 is 10.9. The molecule has 0 saturated heterocycles. The second kappa shape index (κ2) is 10.6. The molecule has 3 aromatic rings. The smallest absolute Gasteiger partial charge is 0.315 e. The Kier molecular flexibility index (Phi) is 7.63. The van der Waals surface area contributed by atoms with Crippen molar-refractivity contribution in [3.05, 3.63) is 54.4 Å². The summed E-state index contributed by atoms with van der Waals surface area (Å²) >= 11 is 1.74. The van der Waals surface area contributed by atoms with Gasteiger partial charge in [-0.05, 0) is 42.7 Å². The number of thioether (sulfide) groups is 1. The SMILES string of the molecule is COc1ccccc1OCCNC(=O)N[C@@H](CCSC)c1nc2ccccc2[nH]1. The zero-order chi connectivity index (χ0) is 20.5. The lowest BCUT2D eigenvalue weighted by Gasteiger charge is -2.17. The second-order valence-corrected chi connectivity index (χ2v) is 7.36. The molecule has 29 heavy (non-hydrogen) atoms. The number of hydrogen-bond acceptors (Lipinski definition) is 5. The number of carbonyl (C=O) groups is 1. The number of carbonyl (C=O) groups excluding carboxylic acids is 1. The fourth-order valence-corrected chi connectivity index (χ4v) is 3.39. The molecule has 8 heteroatoms. The fraction of sp³-hybridized carbons (Fsp3) is 0.333. The Morgan fingerprint density at radius 3 is 2.69 bits per heavy atom. The Balaban J connectivity index is 1.53. The third-order valence-electron chi connectivity index (χ3n) is 4.37. The third-order valence-corrected chi connectivity index (χ3v) is 5.01. The number of fused-ring (bicyclic) bond motifs is 1. The highest BCUT2D eigenvalue weighted by molar-refractivity contribution is 7.98. The lowest BCUT2D eigenvalue weighted by atomic mass is 10.2. The van der Waals surface area contributed by atoms with Gasteiger partial charge in [0.2, 0.25) is 0 Å². The molecule has 1 heterocycles. The van der Waals surface area contributed by atoms with E-state index in [-0.39, 0.29) is 12.1 Å². The van der Waals surface area contributed by atoms with Gasteiger partial charge in [0.15, 0.2) is 11.5 Å². The molecule has 0 unspecified atom stereocenters. The van der Waals surface area contributed by atoms with E-state index in [1.165, 1.54) is 0 Å². The van der Waals surface area contributed by atoms with Gasteiger partial charge in [-0.2, -0.15) is 11.8 Å². The van der Waals surface area contributed by atoms with Gasteiger partial charge < -0.3 is 25.1 Å². The van der Waals surface area contributed by atoms with Gasteiger partial charge in [-0.25, -0.2) is 9.78 Å². The molecule has 1 aromatic heterocycles. The van der Waals surface area contributed by atoms with Crippen LogP contribution in [-0.4, -0.2) is 48.3 Å². The molecule has 0 radical (unpaired) electrons. The van der Waals surface area contributed by atoms with Crippen LogP contribution in [0.1, 0.15) is 18.3 Å². The van der Waals surface area contributed by atoms with Crippen LogP contribution in [0.3, 0.4) is 0 Å². The summed E-state index contributed by atoms with van der Waals surface area (Å²) in [6.07, 6.45) is 2.83. The zero-order valence-electron chi connectivity index (χ0n) is 16.6. The number of benzene rings is 2. The van der Waals surface area contributed by atoms with Crippen molar-refractivity contribution >= 4 is 28.8 Å². The van der Waals surface area contributed by atoms with Crippen LogP contribution >= 0.6 is 11.8 Å². The summed E-state index contributed by atoms with van der Waals surface area (Å²) in [6, 6.07) is 14.8. The first-order valence-electron chi connectivity index (χ1n) is 9.45. The third kappa shape index (κ3) is 5.80. The molecular weight excluding hydrogens is 388 g/mol. The molecule has 3 rings (SSSR count). The number of H-pyrrole nitrogens is 1. The summed E-state index contributed by atoms with van der Waals surface area (Å²) in [5.41, 5.74) is 1.85. The molecule has 2 amide bonds. The number of hydrogen-bond donors (Lipinski definition) is 3. The average Bonchev–Trinajstić information content (AvgIpc) is 3.18. The van der Waals surface area contributed by atoms with Crippen LogP contribution in [0.15, 0.2) is 48.5 Å². The van der Waals surface area contributed by atoms with E-state index in [0.717, 1.165) is 29.0 Å². The number of imidazole rings is 1. The number of para-hydroxylation sites is 4. The summed E-state index contributed by atoms with van der Waals surface area (Å²) in [7, 11) is 1.60. The van der Waals surface area contributed by atoms with Gasteiger partial charge in [0.1, 0.15) is 12.4 Å². The van der Waals surface area contributed by atoms with Crippen molar-refractivity contribution in [2.75, 3.05) is 32.3 Å². The number of rotatable bonds is 10. The fourth-order valence-electron chi connectivity index (χ4n) is 2.92. The number of ether oxygens (including phenoxy) is 2. The van der Waals surface area contributed by atoms with E-state index in [0.29, 0.717) is 24.7 Å². The quantitative estimate of drug-likeness (QED) is 0.440. The maximum absolute atomic E-state index is 12.4. The monoisotopic (exact) mass is 414 g/mol. The minimum atomic E-state index is -0.250. The minimum absolute atomic E-state index is 0.190. The van der Waals surface area contributed by atoms with Gasteiger partial charge in [-0.1, -0.05) is 24.3 Å². The van der Waals surface area contributed by atoms with E-state index in [4.69, 9.17) is 9.47 Å². The van der Waals surface area contributed by atoms with E-state index < -0.39 is 0 Å². The second-order valence-electron chi connectivity index (χ2n) is 6.37. The molecule has 0 saturated carbocycles. The minimum Gasteiger partial charge on any atom is -0.493 e. The number of aromatic nitrogens is 2. The van der Waals surface area contributed by atoms with Crippen molar-refractivity contribution in [1.82, 2.24) is 20.6 Å². The van der Waals surface area contributed by atoms with Crippen molar-refractivity contribution in [1.29, 1.82) is 0 Å². The molecule has 0 aliphatic heterocycles. The van der Waals surface area contributed by atoms with Crippen molar-refractivity contribution in [3.63, 3.8) is 0 Å². The van der Waals surface area contributed by atoms with Crippen LogP contribution in [0.2, 0.25) is 0 Å². The number of nitrogens with zero attached hydrogens (tertiary/aromatic N) is 1. The number of aromatic amines is 1. The van der Waals surface area contributed by atoms with E-state index >= 15 is 0 Å². The van der Waals surface area contributed by atoms with Gasteiger partial charge in [0.25, 0.3) is 0 Å². The summed E-state index contributed by atoms with van der Waals surface area (Å²) in [4.78, 5) is 20.3. The maximum atomic E-state index is 12.4. The van der Waals surface area contributed by atoms with Crippen molar-refractivity contribution in [2.24, 2.45) is 0 Å². The summed E-state index contributed by atoms with van der Waals surface area (Å²) in [6.45, 7) is 0.715. The highest BCUT2D eigenvalue weighted by Crippen LogP contribution is 2.25. The summed E-state index contributed by atoms with van der Waals surface area (Å²) in [5.74, 6) is 3.00. The van der Waals surface area contributed by atoms with Crippen LogP contribution < -0.4 is 20.1 Å². The van der Waals surface area contributed by atoms with Gasteiger partial charge in [0.05, 0.1) is 30.7 Å². The molecular formula is C21H26N4O3S. The average molecular weight is 415 g/mol. The Morgan fingerprint density at radius 1 is 1.17 bits per heavy atom. The Labute approximate surface area is 174 Å². The summed E-state index contributed by atoms with van der Waals surface area (Å²) in [5, 5.41) is 5.85. The molecule has 0 aliphatic carbocycles. The lowest BCUT2D eigenvalue weighted by molar-refractivity contribution is 0.231. The number of amides is 2. The van der Waals surface area contributed by atoms with E-state index in [1.54, 1.807) is 18.9 Å². The maximum Gasteiger partial charge on any atom is 0.315 e. The molecule has 154 valence electrons. The number of nitrogens with one attached hydrogen (secondary N) is 3. The highest BCUT2D eigenvalue weighted by atomic mass is 32.2. The predicted molar refractivity (Wildman–Crippen MR) is 117 cm³/mol. The molecule has 0 fully saturated rings. The van der Waals surface area contributed by atoms with Gasteiger partial charge >= 0.3 is 6.03 Å². The Hall–Kier alpha value is -2.87. The van der Waals surface area contributed by atoms with Crippen molar-refractivity contribution < 1.29 is 14.3 Å². The molecule has 0 aliphatic rings. The van der Waals surface area contributed by atoms with Gasteiger partial charge in [-0.15, -0.1) is 0 Å². The van der Waals surface area contributed by atoms with E-state index in [9.17, 15) is 4.79 Å².